The van der Waals surface area contributed by atoms with Crippen LogP contribution in [0.5, 0.6) is 0 Å². The van der Waals surface area contributed by atoms with Gasteiger partial charge in [0.05, 0.1) is 6.10 Å². The fourth-order valence-electron chi connectivity index (χ4n) is 2.42. The zero-order valence-corrected chi connectivity index (χ0v) is 12.9. The molecule has 1 fully saturated rings. The Morgan fingerprint density at radius 1 is 1.50 bits per heavy atom. The van der Waals surface area contributed by atoms with E-state index < -0.39 is 12.1 Å². The second-order valence-electron chi connectivity index (χ2n) is 4.95. The Hall–Kier alpha value is 0.238. The van der Waals surface area contributed by atoms with E-state index in [9.17, 15) is 9.90 Å². The predicted octanol–water partition coefficient (Wildman–Crippen LogP) is 0.974. The van der Waals surface area contributed by atoms with Gasteiger partial charge in [-0.1, -0.05) is 20.3 Å². The molecule has 94 valence electrons. The Balaban J connectivity index is 0.00000225. The minimum atomic E-state index is -0.734. The maximum absolute atomic E-state index is 11.3. The van der Waals surface area contributed by atoms with Gasteiger partial charge in [-0.3, -0.25) is 4.79 Å². The summed E-state index contributed by atoms with van der Waals surface area (Å²) in [5.41, 5.74) is 13.8. The predicted molar refractivity (Wildman–Crippen MR) is 59.2 cm³/mol. The summed E-state index contributed by atoms with van der Waals surface area (Å²) in [7, 11) is 0. The van der Waals surface area contributed by atoms with Crippen LogP contribution in [0.2, 0.25) is 0 Å². The maximum Gasteiger partial charge on any atom is 0.135 e. The third kappa shape index (κ3) is 3.13. The van der Waals surface area contributed by atoms with Crippen LogP contribution in [-0.2, 0) is 25.9 Å². The normalized spacial score (nSPS) is 35.9. The van der Waals surface area contributed by atoms with Crippen molar-refractivity contribution in [3.05, 3.63) is 5.73 Å². The van der Waals surface area contributed by atoms with E-state index in [4.69, 9.17) is 11.5 Å². The number of nitrogens with one attached hydrogen (secondary N) is 1. The summed E-state index contributed by atoms with van der Waals surface area (Å²) < 4.78 is 0. The molecule has 0 aromatic heterocycles. The van der Waals surface area contributed by atoms with Gasteiger partial charge in [0.25, 0.3) is 0 Å². The molecule has 4 unspecified atom stereocenters. The van der Waals surface area contributed by atoms with Gasteiger partial charge in [0.2, 0.25) is 0 Å². The van der Waals surface area contributed by atoms with Gasteiger partial charge < -0.3 is 16.6 Å². The van der Waals surface area contributed by atoms with Crippen molar-refractivity contribution in [1.82, 2.24) is 0 Å². The molecule has 4 N–H and O–H groups in total. The van der Waals surface area contributed by atoms with Gasteiger partial charge in [-0.05, 0) is 18.8 Å². The minimum Gasteiger partial charge on any atom is -0.674 e. The quantitative estimate of drug-likeness (QED) is 0.745. The molecule has 1 aliphatic carbocycles. The Kier molecular flexibility index (Phi) is 6.34. The molecule has 5 heteroatoms. The molecule has 0 spiro atoms. The zero-order chi connectivity index (χ0) is 11.7. The molecule has 1 aliphatic rings. The smallest absolute Gasteiger partial charge is 0.135 e. The minimum absolute atomic E-state index is 0. The Morgan fingerprint density at radius 2 is 2.00 bits per heavy atom. The van der Waals surface area contributed by atoms with Crippen LogP contribution in [0.15, 0.2) is 0 Å². The van der Waals surface area contributed by atoms with E-state index in [-0.39, 0.29) is 50.6 Å². The van der Waals surface area contributed by atoms with Crippen LogP contribution in [0.3, 0.4) is 0 Å². The van der Waals surface area contributed by atoms with Gasteiger partial charge in [-0.25, -0.2) is 0 Å². The molecular formula is C11H21N2O2W-. The third-order valence-electron chi connectivity index (χ3n) is 3.52. The molecule has 0 aliphatic heterocycles. The van der Waals surface area contributed by atoms with Crippen molar-refractivity contribution >= 4 is 5.78 Å². The average molecular weight is 397 g/mol. The van der Waals surface area contributed by atoms with Gasteiger partial charge in [0.1, 0.15) is 5.78 Å². The van der Waals surface area contributed by atoms with Crippen molar-refractivity contribution in [2.45, 2.75) is 45.4 Å². The van der Waals surface area contributed by atoms with Crippen LogP contribution < -0.4 is 5.73 Å². The van der Waals surface area contributed by atoms with Crippen molar-refractivity contribution < 1.29 is 31.0 Å². The van der Waals surface area contributed by atoms with Crippen LogP contribution in [0, 0.1) is 17.8 Å². The molecule has 0 aromatic carbocycles. The Bertz CT molecular complexity index is 248. The van der Waals surface area contributed by atoms with Crippen molar-refractivity contribution in [1.29, 1.82) is 0 Å². The first kappa shape index (κ1) is 16.2. The first-order chi connectivity index (χ1) is 6.86. The number of carbonyl (C=O) groups is 1. The molecular weight excluding hydrogens is 376 g/mol. The van der Waals surface area contributed by atoms with Crippen LogP contribution in [0.4, 0.5) is 0 Å². The fourth-order valence-corrected chi connectivity index (χ4v) is 2.42. The van der Waals surface area contributed by atoms with Crippen molar-refractivity contribution in [2.24, 2.45) is 23.5 Å². The van der Waals surface area contributed by atoms with Crippen molar-refractivity contribution in [2.75, 3.05) is 0 Å². The van der Waals surface area contributed by atoms with Crippen LogP contribution in [-0.4, -0.2) is 29.1 Å². The van der Waals surface area contributed by atoms with E-state index in [1.165, 1.54) is 6.92 Å². The summed E-state index contributed by atoms with van der Waals surface area (Å²) in [5, 5.41) is 9.99. The Morgan fingerprint density at radius 3 is 2.31 bits per heavy atom. The van der Waals surface area contributed by atoms with Gasteiger partial charge in [0, 0.05) is 33.0 Å². The second kappa shape index (κ2) is 6.25. The zero-order valence-electron chi connectivity index (χ0n) is 10.0. The van der Waals surface area contributed by atoms with E-state index in [1.807, 2.05) is 13.8 Å². The van der Waals surface area contributed by atoms with Crippen LogP contribution in [0.25, 0.3) is 5.73 Å². The molecule has 16 heavy (non-hydrogen) atoms. The molecule has 0 aromatic rings. The summed E-state index contributed by atoms with van der Waals surface area (Å²) in [5.74, 6) is -0.456. The summed E-state index contributed by atoms with van der Waals surface area (Å²) in [4.78, 5) is 11.3. The number of ketones is 1. The van der Waals surface area contributed by atoms with Gasteiger partial charge in [-0.15, -0.1) is 6.04 Å². The molecule has 1 saturated carbocycles. The largest absolute Gasteiger partial charge is 0.674 e. The molecule has 0 heterocycles. The SMILES string of the molecule is CC(=O)C1CC([NH-])[C@H](C(N)C(C)C)C1O.[W]. The molecule has 0 bridgehead atoms. The molecule has 0 amide bonds. The van der Waals surface area contributed by atoms with Crippen molar-refractivity contribution in [3.8, 4) is 0 Å². The number of hydrogen-bond acceptors (Lipinski definition) is 3. The monoisotopic (exact) mass is 397 g/mol. The molecule has 1 rings (SSSR count). The standard InChI is InChI=1S/C11H21N2O2.W/c1-5(2)10(13)9-8(12)4-7(6(3)14)11(9)15;/h5,7-12,15H,4,13H2,1-3H3;/q-1;/t7?,8?,9-,10?,11?;/m1./s1. The third-order valence-corrected chi connectivity index (χ3v) is 3.52. The maximum atomic E-state index is 11.3. The number of carbonyl (C=O) groups excluding carboxylic acids is 1. The Labute approximate surface area is 111 Å². The number of hydrogen-bond donors (Lipinski definition) is 2. The molecule has 4 nitrogen and oxygen atoms in total. The summed E-state index contributed by atoms with van der Waals surface area (Å²) >= 11 is 0. The van der Waals surface area contributed by atoms with Gasteiger partial charge >= 0.3 is 0 Å². The average Bonchev–Trinajstić information content (AvgIpc) is 2.41. The van der Waals surface area contributed by atoms with E-state index >= 15 is 0 Å². The van der Waals surface area contributed by atoms with E-state index in [2.05, 4.69) is 0 Å². The van der Waals surface area contributed by atoms with Gasteiger partial charge in [-0.2, -0.15) is 0 Å². The van der Waals surface area contributed by atoms with Crippen LogP contribution in [0.1, 0.15) is 27.2 Å². The fraction of sp³-hybridized carbons (Fsp3) is 0.909. The summed E-state index contributed by atoms with van der Waals surface area (Å²) in [6, 6.07) is -0.613. The van der Waals surface area contributed by atoms with Gasteiger partial charge in [0.15, 0.2) is 0 Å². The first-order valence-corrected chi connectivity index (χ1v) is 5.51. The van der Waals surface area contributed by atoms with E-state index in [1.54, 1.807) is 0 Å². The number of nitrogens with two attached hydrogens (primary N) is 1. The summed E-state index contributed by atoms with van der Waals surface area (Å²) in [6.45, 7) is 5.43. The summed E-state index contributed by atoms with van der Waals surface area (Å²) in [6.07, 6.45) is -0.288. The number of aliphatic hydroxyl groups is 1. The first-order valence-electron chi connectivity index (χ1n) is 5.51. The molecule has 0 radical (unpaired) electrons. The topological polar surface area (TPSA) is 87.1 Å². The number of aliphatic hydroxyl groups excluding tert-OH is 1. The van der Waals surface area contributed by atoms with E-state index in [0.29, 0.717) is 6.42 Å². The second-order valence-corrected chi connectivity index (χ2v) is 4.95. The number of Topliss-reactive ketones (excluding diaryl/α,β-unsaturated/α-hetero) is 1. The van der Waals surface area contributed by atoms with Crippen molar-refractivity contribution in [3.63, 3.8) is 0 Å². The molecule has 0 saturated heterocycles. The molecule has 5 atom stereocenters. The number of rotatable bonds is 3. The van der Waals surface area contributed by atoms with Crippen LogP contribution >= 0.6 is 0 Å². The van der Waals surface area contributed by atoms with E-state index in [0.717, 1.165) is 0 Å².